The van der Waals surface area contributed by atoms with Crippen LogP contribution in [0, 0.1) is 13.8 Å². The number of halogens is 3. The fourth-order valence-corrected chi connectivity index (χ4v) is 4.61. The van der Waals surface area contributed by atoms with Gasteiger partial charge in [0.2, 0.25) is 0 Å². The van der Waals surface area contributed by atoms with E-state index in [0.717, 1.165) is 36.4 Å². The van der Waals surface area contributed by atoms with Crippen LogP contribution < -0.4 is 5.73 Å². The summed E-state index contributed by atoms with van der Waals surface area (Å²) < 4.78 is 40.9. The average molecular weight is 398 g/mol. The number of aryl methyl sites for hydroxylation is 1. The molecule has 0 saturated carbocycles. The molecule has 2 N–H and O–H groups in total. The molecule has 1 heterocycles. The van der Waals surface area contributed by atoms with Crippen molar-refractivity contribution < 1.29 is 18.0 Å². The summed E-state index contributed by atoms with van der Waals surface area (Å²) >= 11 is 0. The number of hydrogen-bond acceptors (Lipinski definition) is 1. The van der Waals surface area contributed by atoms with Crippen molar-refractivity contribution in [2.24, 2.45) is 5.73 Å². The lowest BCUT2D eigenvalue weighted by atomic mass is 9.99. The second-order valence-corrected chi connectivity index (χ2v) is 7.48. The molecule has 2 aromatic carbocycles. The molecule has 0 spiro atoms. The maximum Gasteiger partial charge on any atom is 0.416 e. The molecule has 6 heteroatoms. The Morgan fingerprint density at radius 2 is 1.69 bits per heavy atom. The van der Waals surface area contributed by atoms with Gasteiger partial charge in [0, 0.05) is 17.0 Å². The second kappa shape index (κ2) is 6.79. The first-order valence-electron chi connectivity index (χ1n) is 9.46. The molecule has 0 bridgehead atoms. The predicted molar refractivity (Wildman–Crippen MR) is 106 cm³/mol. The first-order chi connectivity index (χ1) is 13.7. The Kier molecular flexibility index (Phi) is 4.52. The van der Waals surface area contributed by atoms with Gasteiger partial charge >= 0.3 is 6.18 Å². The molecule has 0 radical (unpaired) electrons. The normalized spacial score (nSPS) is 16.1. The van der Waals surface area contributed by atoms with Crippen molar-refractivity contribution in [2.45, 2.75) is 38.9 Å². The molecule has 150 valence electrons. The van der Waals surface area contributed by atoms with Crippen molar-refractivity contribution in [3.8, 4) is 11.1 Å². The van der Waals surface area contributed by atoms with E-state index >= 15 is 0 Å². The van der Waals surface area contributed by atoms with Crippen molar-refractivity contribution in [1.29, 1.82) is 0 Å². The molecule has 3 nitrogen and oxygen atoms in total. The summed E-state index contributed by atoms with van der Waals surface area (Å²) in [6.45, 7) is 3.75. The third-order valence-corrected chi connectivity index (χ3v) is 5.86. The van der Waals surface area contributed by atoms with E-state index in [1.807, 2.05) is 26.0 Å². The third kappa shape index (κ3) is 3.12. The largest absolute Gasteiger partial charge is 0.416 e. The third-order valence-electron chi connectivity index (χ3n) is 5.86. The van der Waals surface area contributed by atoms with Crippen LogP contribution in [0.1, 0.15) is 50.9 Å². The molecule has 1 unspecified atom stereocenters. The summed E-state index contributed by atoms with van der Waals surface area (Å²) in [5, 5.41) is 0. The number of carbonyl (C=O) groups excluding carboxylic acids is 1. The maximum atomic E-state index is 12.9. The molecule has 0 saturated heterocycles. The topological polar surface area (TPSA) is 48.0 Å². The Bertz CT molecular complexity index is 1090. The SMILES string of the molecule is Cc1c(C(N)=O)c(-c2ccc(C(F)(F)F)cc2)c(C)n1C1CCc2ccccc21. The maximum absolute atomic E-state index is 12.9. The van der Waals surface area contributed by atoms with Crippen molar-refractivity contribution >= 4 is 5.91 Å². The first kappa shape index (κ1) is 19.3. The molecule has 0 fully saturated rings. The summed E-state index contributed by atoms with van der Waals surface area (Å²) in [5.74, 6) is -0.578. The second-order valence-electron chi connectivity index (χ2n) is 7.48. The number of carbonyl (C=O) groups is 1. The zero-order chi connectivity index (χ0) is 20.9. The van der Waals surface area contributed by atoms with Gasteiger partial charge < -0.3 is 10.3 Å². The number of alkyl halides is 3. The van der Waals surface area contributed by atoms with Crippen LogP contribution in [0.2, 0.25) is 0 Å². The number of hydrogen-bond donors (Lipinski definition) is 1. The van der Waals surface area contributed by atoms with E-state index in [2.05, 4.69) is 16.7 Å². The van der Waals surface area contributed by atoms with Crippen LogP contribution in [0.25, 0.3) is 11.1 Å². The highest BCUT2D eigenvalue weighted by Gasteiger charge is 2.32. The van der Waals surface area contributed by atoms with Gasteiger partial charge in [-0.15, -0.1) is 0 Å². The van der Waals surface area contributed by atoms with Crippen LogP contribution in [0.3, 0.4) is 0 Å². The van der Waals surface area contributed by atoms with Gasteiger partial charge in [0.1, 0.15) is 0 Å². The summed E-state index contributed by atoms with van der Waals surface area (Å²) in [6.07, 6.45) is -2.56. The summed E-state index contributed by atoms with van der Waals surface area (Å²) in [5.41, 5.74) is 10.6. The van der Waals surface area contributed by atoms with Crippen LogP contribution in [-0.2, 0) is 12.6 Å². The van der Waals surface area contributed by atoms with Crippen molar-refractivity contribution in [3.05, 3.63) is 82.2 Å². The van der Waals surface area contributed by atoms with Gasteiger partial charge in [-0.1, -0.05) is 36.4 Å². The van der Waals surface area contributed by atoms with Gasteiger partial charge in [-0.05, 0) is 55.5 Å². The summed E-state index contributed by atoms with van der Waals surface area (Å²) in [4.78, 5) is 12.3. The Labute approximate surface area is 167 Å². The molecule has 1 aromatic heterocycles. The summed E-state index contributed by atoms with van der Waals surface area (Å²) in [7, 11) is 0. The van der Waals surface area contributed by atoms with E-state index in [0.29, 0.717) is 16.7 Å². The fraction of sp³-hybridized carbons (Fsp3) is 0.261. The fourth-order valence-electron chi connectivity index (χ4n) is 4.61. The standard InChI is InChI=1S/C23H21F3N2O/c1-13-20(16-7-10-17(11-8-16)23(24,25)26)21(22(27)29)14(2)28(13)19-12-9-15-5-3-4-6-18(15)19/h3-8,10-11,19H,9,12H2,1-2H3,(H2,27,29). The average Bonchev–Trinajstić information content (AvgIpc) is 3.19. The van der Waals surface area contributed by atoms with Crippen LogP contribution in [-0.4, -0.2) is 10.5 Å². The zero-order valence-electron chi connectivity index (χ0n) is 16.2. The number of fused-ring (bicyclic) bond motifs is 1. The number of nitrogens with zero attached hydrogens (tertiary/aromatic N) is 1. The Morgan fingerprint density at radius 3 is 2.31 bits per heavy atom. The quantitative estimate of drug-likeness (QED) is 0.629. The molecule has 4 rings (SSSR count). The van der Waals surface area contributed by atoms with E-state index < -0.39 is 17.6 Å². The number of rotatable bonds is 3. The number of primary amides is 1. The van der Waals surface area contributed by atoms with Gasteiger partial charge in [0.25, 0.3) is 5.91 Å². The van der Waals surface area contributed by atoms with Crippen LogP contribution in [0.15, 0.2) is 48.5 Å². The minimum absolute atomic E-state index is 0.0764. The molecule has 29 heavy (non-hydrogen) atoms. The van der Waals surface area contributed by atoms with Crippen LogP contribution in [0.4, 0.5) is 13.2 Å². The van der Waals surface area contributed by atoms with Gasteiger partial charge in [0.05, 0.1) is 17.2 Å². The smallest absolute Gasteiger partial charge is 0.366 e. The molecular formula is C23H21F3N2O. The summed E-state index contributed by atoms with van der Waals surface area (Å²) in [6, 6.07) is 13.2. The van der Waals surface area contributed by atoms with Gasteiger partial charge in [0.15, 0.2) is 0 Å². The lowest BCUT2D eigenvalue weighted by Gasteiger charge is -2.19. The minimum Gasteiger partial charge on any atom is -0.366 e. The number of benzene rings is 2. The monoisotopic (exact) mass is 398 g/mol. The Hall–Kier alpha value is -3.02. The van der Waals surface area contributed by atoms with E-state index in [-0.39, 0.29) is 6.04 Å². The first-order valence-corrected chi connectivity index (χ1v) is 9.46. The highest BCUT2D eigenvalue weighted by molar-refractivity contribution is 6.02. The van der Waals surface area contributed by atoms with E-state index in [1.54, 1.807) is 0 Å². The molecule has 1 atom stereocenters. The molecule has 0 aliphatic heterocycles. The molecule has 1 amide bonds. The van der Waals surface area contributed by atoms with Crippen molar-refractivity contribution in [1.82, 2.24) is 4.57 Å². The predicted octanol–water partition coefficient (Wildman–Crippen LogP) is 5.43. The zero-order valence-corrected chi connectivity index (χ0v) is 16.2. The molecule has 1 aliphatic rings. The number of aromatic nitrogens is 1. The van der Waals surface area contributed by atoms with E-state index in [9.17, 15) is 18.0 Å². The number of amides is 1. The Morgan fingerprint density at radius 1 is 1.03 bits per heavy atom. The van der Waals surface area contributed by atoms with Crippen molar-refractivity contribution in [2.75, 3.05) is 0 Å². The highest BCUT2D eigenvalue weighted by atomic mass is 19.4. The lowest BCUT2D eigenvalue weighted by molar-refractivity contribution is -0.137. The van der Waals surface area contributed by atoms with E-state index in [1.165, 1.54) is 23.3 Å². The molecule has 1 aliphatic carbocycles. The lowest BCUT2D eigenvalue weighted by Crippen LogP contribution is -2.15. The van der Waals surface area contributed by atoms with Gasteiger partial charge in [-0.2, -0.15) is 13.2 Å². The van der Waals surface area contributed by atoms with Crippen LogP contribution in [0.5, 0.6) is 0 Å². The minimum atomic E-state index is -4.41. The Balaban J connectivity index is 1.88. The molecule has 3 aromatic rings. The van der Waals surface area contributed by atoms with Gasteiger partial charge in [-0.25, -0.2) is 0 Å². The molecular weight excluding hydrogens is 377 g/mol. The number of nitrogens with two attached hydrogens (primary N) is 1. The van der Waals surface area contributed by atoms with Gasteiger partial charge in [-0.3, -0.25) is 4.79 Å². The van der Waals surface area contributed by atoms with Crippen molar-refractivity contribution in [3.63, 3.8) is 0 Å². The van der Waals surface area contributed by atoms with E-state index in [4.69, 9.17) is 5.73 Å². The van der Waals surface area contributed by atoms with Crippen LogP contribution >= 0.6 is 0 Å². The highest BCUT2D eigenvalue weighted by Crippen LogP contribution is 2.41.